The number of fused-ring (bicyclic) bond motifs is 2. The number of aryl methyl sites for hydroxylation is 2. The van der Waals surface area contributed by atoms with Gasteiger partial charge < -0.3 is 0 Å². The van der Waals surface area contributed by atoms with Crippen molar-refractivity contribution < 1.29 is 20.8 Å². The number of hydrogen-bond donors (Lipinski definition) is 0. The predicted molar refractivity (Wildman–Crippen MR) is 233 cm³/mol. The summed E-state index contributed by atoms with van der Waals surface area (Å²) in [6.45, 7) is 23.4. The quantitative estimate of drug-likeness (QED) is 0.106. The maximum absolute atomic E-state index is 4.93. The van der Waals surface area contributed by atoms with Crippen molar-refractivity contribution in [2.45, 2.75) is 91.9 Å². The Bertz CT molecular complexity index is 1770. The molecule has 0 aliphatic rings. The molecule has 0 aliphatic carbocycles. The Labute approximate surface area is 327 Å². The van der Waals surface area contributed by atoms with Crippen molar-refractivity contribution in [1.29, 1.82) is 0 Å². The van der Waals surface area contributed by atoms with E-state index in [0.29, 0.717) is 0 Å². The van der Waals surface area contributed by atoms with Gasteiger partial charge in [-0.1, -0.05) is 161 Å². The van der Waals surface area contributed by atoms with Crippen molar-refractivity contribution in [3.05, 3.63) is 120 Å². The molecule has 50 heavy (non-hydrogen) atoms. The summed E-state index contributed by atoms with van der Waals surface area (Å²) in [5, 5.41) is 8.70. The summed E-state index contributed by atoms with van der Waals surface area (Å²) in [4.78, 5) is 0. The second-order valence-corrected chi connectivity index (χ2v) is 29.8. The van der Waals surface area contributed by atoms with Gasteiger partial charge in [-0.25, -0.2) is 0 Å². The standard InChI is InChI=1S/2C21H25Si.C2H6Si.2ClH.Zr/c2*1-5-9-16-14-17-10-8-12-18(20(17)15-16)19-11-6-7-13-21(19)22(2,3)4;1-3-2;;;/h2*6-8,10-15H,5,9H2,1-4H3;1-2H3;2*1H;/q2*-1;;;;+4/p-2. The molecular formula is C44H56Cl2Si3Zr. The Morgan fingerprint density at radius 3 is 1.18 bits per heavy atom. The number of halogens is 2. The van der Waals surface area contributed by atoms with E-state index >= 15 is 0 Å². The van der Waals surface area contributed by atoms with Crippen LogP contribution in [0.4, 0.5) is 0 Å². The number of rotatable bonds is 8. The third-order valence-electron chi connectivity index (χ3n) is 8.75. The maximum atomic E-state index is 4.93. The van der Waals surface area contributed by atoms with Gasteiger partial charge in [0, 0.05) is 9.52 Å². The fourth-order valence-electron chi connectivity index (χ4n) is 6.67. The third-order valence-corrected chi connectivity index (χ3v) is 12.9. The molecule has 0 atom stereocenters. The van der Waals surface area contributed by atoms with Gasteiger partial charge in [0.15, 0.2) is 0 Å². The van der Waals surface area contributed by atoms with Gasteiger partial charge in [-0.3, -0.25) is 0 Å². The summed E-state index contributed by atoms with van der Waals surface area (Å²) in [6.07, 6.45) is 4.75. The van der Waals surface area contributed by atoms with Gasteiger partial charge in [0.25, 0.3) is 0 Å². The third kappa shape index (κ3) is 11.6. The Hall–Kier alpha value is -1.79. The van der Waals surface area contributed by atoms with Gasteiger partial charge in [-0.2, -0.15) is 12.1 Å². The van der Waals surface area contributed by atoms with Crippen LogP contribution in [0.5, 0.6) is 0 Å². The second-order valence-electron chi connectivity index (χ2n) is 15.0. The van der Waals surface area contributed by atoms with Crippen LogP contribution in [0, 0.1) is 0 Å². The zero-order valence-corrected chi connectivity index (χ0v) is 38.9. The Balaban J connectivity index is 0.000000234. The first-order valence-corrected chi connectivity index (χ1v) is 33.3. The summed E-state index contributed by atoms with van der Waals surface area (Å²) < 4.78 is 0. The van der Waals surface area contributed by atoms with Crippen molar-refractivity contribution in [3.8, 4) is 22.3 Å². The molecule has 0 spiro atoms. The SMILES string of the molecule is CCCc1cc2c(-c3ccccc3[Si](C)(C)C)cccc2[cH-]1.CCCc1cc2c(-c3ccccc3[Si](C)(C)C)cccc2[cH-]1.C[Si]C.[Cl][Zr+2][Cl]. The molecule has 0 heterocycles. The zero-order chi connectivity index (χ0) is 36.9. The molecule has 6 aromatic carbocycles. The van der Waals surface area contributed by atoms with E-state index < -0.39 is 37.0 Å². The molecule has 0 saturated heterocycles. The van der Waals surface area contributed by atoms with Crippen LogP contribution in [-0.4, -0.2) is 25.7 Å². The van der Waals surface area contributed by atoms with E-state index in [1.807, 2.05) is 0 Å². The van der Waals surface area contributed by atoms with Crippen LogP contribution in [0.3, 0.4) is 0 Å². The molecule has 0 amide bonds. The van der Waals surface area contributed by atoms with Gasteiger partial charge in [0.05, 0.1) is 16.1 Å². The first-order valence-electron chi connectivity index (χ1n) is 18.0. The molecule has 6 heteroatoms. The molecule has 6 aromatic rings. The average molecular weight is 831 g/mol. The van der Waals surface area contributed by atoms with Crippen LogP contribution >= 0.6 is 17.0 Å². The topological polar surface area (TPSA) is 0 Å². The average Bonchev–Trinajstić information content (AvgIpc) is 3.69. The van der Waals surface area contributed by atoms with Crippen LogP contribution in [-0.2, 0) is 33.7 Å². The van der Waals surface area contributed by atoms with Crippen LogP contribution < -0.4 is 10.4 Å². The molecule has 0 unspecified atom stereocenters. The molecule has 6 rings (SSSR count). The summed E-state index contributed by atoms with van der Waals surface area (Å²) in [5.41, 5.74) is 8.60. The van der Waals surface area contributed by atoms with Gasteiger partial charge in [-0.15, -0.1) is 69.1 Å². The minimum absolute atomic E-state index is 0.826. The second kappa shape index (κ2) is 20.5. The molecule has 0 fully saturated rings. The Morgan fingerprint density at radius 1 is 0.540 bits per heavy atom. The fraction of sp³-hybridized carbons (Fsp3) is 0.318. The van der Waals surface area contributed by atoms with E-state index in [-0.39, 0.29) is 0 Å². The molecule has 0 nitrogen and oxygen atoms in total. The number of benzene rings is 4. The number of hydrogen-bond acceptors (Lipinski definition) is 0. The normalized spacial score (nSPS) is 11.1. The molecule has 0 N–H and O–H groups in total. The zero-order valence-electron chi connectivity index (χ0n) is 32.0. The van der Waals surface area contributed by atoms with E-state index in [0.717, 1.165) is 9.52 Å². The molecule has 2 radical (unpaired) electrons. The van der Waals surface area contributed by atoms with E-state index in [4.69, 9.17) is 17.0 Å². The summed E-state index contributed by atoms with van der Waals surface area (Å²) in [6, 6.07) is 41.0. The molecular weight excluding hydrogens is 775 g/mol. The minimum atomic E-state index is -1.36. The van der Waals surface area contributed by atoms with Crippen molar-refractivity contribution in [2.24, 2.45) is 0 Å². The van der Waals surface area contributed by atoms with Crippen LogP contribution in [0.25, 0.3) is 43.8 Å². The van der Waals surface area contributed by atoms with E-state index in [2.05, 4.69) is 175 Å². The molecule has 262 valence electrons. The summed E-state index contributed by atoms with van der Waals surface area (Å²) in [7, 11) is 8.24. The van der Waals surface area contributed by atoms with Crippen LogP contribution in [0.15, 0.2) is 109 Å². The van der Waals surface area contributed by atoms with Gasteiger partial charge >= 0.3 is 37.9 Å². The first kappa shape index (κ1) is 42.6. The van der Waals surface area contributed by atoms with Gasteiger partial charge in [0.2, 0.25) is 0 Å². The van der Waals surface area contributed by atoms with Crippen LogP contribution in [0.2, 0.25) is 52.4 Å². The summed E-state index contributed by atoms with van der Waals surface area (Å²) in [5.74, 6) is 0. The van der Waals surface area contributed by atoms with Crippen molar-refractivity contribution in [3.63, 3.8) is 0 Å². The van der Waals surface area contributed by atoms with Gasteiger partial charge in [-0.05, 0) is 24.0 Å². The van der Waals surface area contributed by atoms with Crippen molar-refractivity contribution in [1.82, 2.24) is 0 Å². The Morgan fingerprint density at radius 2 is 0.860 bits per heavy atom. The van der Waals surface area contributed by atoms with Crippen molar-refractivity contribution >= 4 is 74.6 Å². The van der Waals surface area contributed by atoms with E-state index in [1.165, 1.54) is 80.6 Å². The molecule has 0 saturated carbocycles. The molecule has 0 aliphatic heterocycles. The van der Waals surface area contributed by atoms with E-state index in [9.17, 15) is 0 Å². The monoisotopic (exact) mass is 828 g/mol. The van der Waals surface area contributed by atoms with Gasteiger partial charge in [0.1, 0.15) is 0 Å². The molecule has 0 bridgehead atoms. The Kier molecular flexibility index (Phi) is 17.4. The van der Waals surface area contributed by atoms with Crippen LogP contribution in [0.1, 0.15) is 37.8 Å². The van der Waals surface area contributed by atoms with E-state index in [1.54, 1.807) is 10.4 Å². The summed E-state index contributed by atoms with van der Waals surface area (Å²) >= 11 is -0.826. The fourth-order valence-corrected chi connectivity index (χ4v) is 9.92. The van der Waals surface area contributed by atoms with Crippen molar-refractivity contribution in [2.75, 3.05) is 0 Å². The predicted octanol–water partition coefficient (Wildman–Crippen LogP) is 13.6. The first-order chi connectivity index (χ1) is 23.8. The molecule has 0 aromatic heterocycles.